The number of thiazole rings is 1. The maximum Gasteiger partial charge on any atom is 0.309 e. The Bertz CT molecular complexity index is 1110. The molecule has 40 heavy (non-hydrogen) atoms. The van der Waals surface area contributed by atoms with Crippen molar-refractivity contribution >= 4 is 29.2 Å². The number of aryl methyl sites for hydroxylation is 1. The van der Waals surface area contributed by atoms with Gasteiger partial charge in [-0.05, 0) is 76.0 Å². The van der Waals surface area contributed by atoms with Crippen molar-refractivity contribution in [3.63, 3.8) is 0 Å². The molecule has 2 rings (SSSR count). The summed E-state index contributed by atoms with van der Waals surface area (Å²) < 4.78 is 5.87. The van der Waals surface area contributed by atoms with Crippen LogP contribution in [0.25, 0.3) is 16.5 Å². The molecule has 0 spiro atoms. The number of aliphatic hydroxyl groups is 2. The van der Waals surface area contributed by atoms with Gasteiger partial charge in [-0.2, -0.15) is 0 Å². The van der Waals surface area contributed by atoms with Crippen molar-refractivity contribution in [2.75, 3.05) is 6.54 Å². The Morgan fingerprint density at radius 1 is 1.30 bits per heavy atom. The number of allylic oxidation sites excluding steroid dienone is 1. The van der Waals surface area contributed by atoms with E-state index < -0.39 is 35.6 Å². The largest absolute Gasteiger partial charge is 0.457 e. The number of hydrogen-bond donors (Lipinski definition) is 2. The van der Waals surface area contributed by atoms with Crippen LogP contribution in [0.3, 0.4) is 0 Å². The molecule has 1 aromatic heterocycles. The minimum absolute atomic E-state index is 0.121. The Labute approximate surface area is 242 Å². The van der Waals surface area contributed by atoms with Gasteiger partial charge in [0.25, 0.3) is 0 Å². The fraction of sp³-hybridized carbons (Fsp3) is 0.700. The predicted molar refractivity (Wildman–Crippen MR) is 159 cm³/mol. The summed E-state index contributed by atoms with van der Waals surface area (Å²) in [6.45, 7) is 11.4. The van der Waals surface area contributed by atoms with Crippen LogP contribution in [-0.4, -0.2) is 51.8 Å². The fourth-order valence-corrected chi connectivity index (χ4v) is 5.66. The molecular weight excluding hydrogens is 528 g/mol. The summed E-state index contributed by atoms with van der Waals surface area (Å²) in [5, 5.41) is 28.8. The SMILES string of the molecule is C/C1=C/C[C@@H](/C(C)=C/c2csc(C)n2)OC(=O)C[C@H](O)C(C)(C)C(=O)C(CCCCN=[N+]=[N-])[C@@H](O)[C@@H](C)CCC1. The van der Waals surface area contributed by atoms with Gasteiger partial charge in [-0.1, -0.05) is 44.0 Å². The van der Waals surface area contributed by atoms with Gasteiger partial charge >= 0.3 is 5.97 Å². The molecule has 0 amide bonds. The van der Waals surface area contributed by atoms with E-state index in [9.17, 15) is 19.8 Å². The van der Waals surface area contributed by atoms with Crippen molar-refractivity contribution in [2.45, 2.75) is 111 Å². The summed E-state index contributed by atoms with van der Waals surface area (Å²) in [4.78, 5) is 34.1. The van der Waals surface area contributed by atoms with Gasteiger partial charge in [0.05, 0.1) is 34.7 Å². The van der Waals surface area contributed by atoms with E-state index >= 15 is 0 Å². The van der Waals surface area contributed by atoms with Crippen molar-refractivity contribution in [2.24, 2.45) is 22.4 Å². The molecule has 0 radical (unpaired) electrons. The van der Waals surface area contributed by atoms with Gasteiger partial charge in [0.15, 0.2) is 0 Å². The van der Waals surface area contributed by atoms with Crippen molar-refractivity contribution < 1.29 is 24.5 Å². The number of unbranched alkanes of at least 4 members (excludes halogenated alkanes) is 1. The lowest BCUT2D eigenvalue weighted by Crippen LogP contribution is -2.46. The topological polar surface area (TPSA) is 145 Å². The number of carbonyl (C=O) groups is 2. The first kappa shape index (κ1) is 33.7. The molecule has 1 aliphatic heterocycles. The molecule has 0 aliphatic carbocycles. The van der Waals surface area contributed by atoms with Gasteiger partial charge in [0.2, 0.25) is 0 Å². The third-order valence-corrected chi connectivity index (χ3v) is 8.74. The maximum absolute atomic E-state index is 13.8. The van der Waals surface area contributed by atoms with Gasteiger partial charge in [-0.3, -0.25) is 9.59 Å². The van der Waals surface area contributed by atoms with E-state index in [0.717, 1.165) is 35.5 Å². The molecule has 0 saturated heterocycles. The number of nitrogens with zero attached hydrogens (tertiary/aromatic N) is 4. The highest BCUT2D eigenvalue weighted by Crippen LogP contribution is 2.35. The molecule has 0 fully saturated rings. The van der Waals surface area contributed by atoms with E-state index in [-0.39, 0.29) is 18.1 Å². The molecule has 1 aliphatic rings. The van der Waals surface area contributed by atoms with Crippen LogP contribution in [-0.2, 0) is 14.3 Å². The quantitative estimate of drug-likeness (QED) is 0.0922. The smallest absolute Gasteiger partial charge is 0.309 e. The minimum Gasteiger partial charge on any atom is -0.457 e. The number of cyclic esters (lactones) is 1. The lowest BCUT2D eigenvalue weighted by atomic mass is 9.71. The van der Waals surface area contributed by atoms with E-state index in [0.29, 0.717) is 32.2 Å². The zero-order valence-electron chi connectivity index (χ0n) is 24.8. The average Bonchev–Trinajstić information content (AvgIpc) is 3.31. The molecule has 1 aromatic rings. The number of esters is 1. The Hall–Kier alpha value is -2.52. The number of hydrogen-bond acceptors (Lipinski definition) is 8. The second-order valence-electron chi connectivity index (χ2n) is 11.7. The predicted octanol–water partition coefficient (Wildman–Crippen LogP) is 6.73. The highest BCUT2D eigenvalue weighted by atomic mass is 32.1. The minimum atomic E-state index is -1.28. The summed E-state index contributed by atoms with van der Waals surface area (Å²) in [5.74, 6) is -1.68. The van der Waals surface area contributed by atoms with E-state index in [2.05, 4.69) is 21.1 Å². The molecule has 0 bridgehead atoms. The van der Waals surface area contributed by atoms with Crippen LogP contribution in [0.5, 0.6) is 0 Å². The first-order valence-electron chi connectivity index (χ1n) is 14.2. The molecular formula is C30H46N4O5S. The van der Waals surface area contributed by atoms with Gasteiger partial charge in [-0.25, -0.2) is 4.98 Å². The van der Waals surface area contributed by atoms with Crippen LogP contribution in [0.1, 0.15) is 96.7 Å². The van der Waals surface area contributed by atoms with Crippen molar-refractivity contribution in [3.8, 4) is 0 Å². The highest BCUT2D eigenvalue weighted by molar-refractivity contribution is 7.09. The summed E-state index contributed by atoms with van der Waals surface area (Å²) in [6.07, 6.45) is 5.53. The van der Waals surface area contributed by atoms with Gasteiger partial charge in [0, 0.05) is 29.2 Å². The molecule has 9 nitrogen and oxygen atoms in total. The van der Waals surface area contributed by atoms with Crippen LogP contribution in [0.4, 0.5) is 0 Å². The molecule has 2 heterocycles. The highest BCUT2D eigenvalue weighted by Gasteiger charge is 2.43. The van der Waals surface area contributed by atoms with Crippen LogP contribution >= 0.6 is 11.3 Å². The molecule has 2 N–H and O–H groups in total. The standard InChI is InChI=1S/C30H46N4O5S/c1-19-10-9-11-20(2)28(37)24(12-7-8-15-32-34-31)29(38)30(5,6)26(35)17-27(36)39-25(14-13-19)21(3)16-23-18-40-22(4)33-23/h13,16,18,20,24-26,28,35,37H,7-12,14-15,17H2,1-6H3/b19-13-,21-16+/t20-,24?,25-,26-,28-/m0/s1. The number of Topliss-reactive ketones (excluding diaryl/α,β-unsaturated/α-hetero) is 1. The van der Waals surface area contributed by atoms with Crippen LogP contribution in [0.15, 0.2) is 27.7 Å². The second kappa shape index (κ2) is 16.1. The molecule has 0 saturated carbocycles. The first-order chi connectivity index (χ1) is 18.9. The van der Waals surface area contributed by atoms with Crippen molar-refractivity contribution in [1.29, 1.82) is 0 Å². The van der Waals surface area contributed by atoms with Crippen molar-refractivity contribution in [3.05, 3.63) is 43.7 Å². The van der Waals surface area contributed by atoms with Gasteiger partial charge in [0.1, 0.15) is 11.9 Å². The average molecular weight is 575 g/mol. The van der Waals surface area contributed by atoms with E-state index in [1.165, 1.54) is 5.57 Å². The summed E-state index contributed by atoms with van der Waals surface area (Å²) in [7, 11) is 0. The number of aliphatic hydroxyl groups excluding tert-OH is 2. The lowest BCUT2D eigenvalue weighted by Gasteiger charge is -2.36. The Balaban J connectivity index is 2.33. The number of carbonyl (C=O) groups excluding carboxylic acids is 2. The number of aromatic nitrogens is 1. The summed E-state index contributed by atoms with van der Waals surface area (Å²) >= 11 is 1.55. The zero-order valence-corrected chi connectivity index (χ0v) is 25.6. The second-order valence-corrected chi connectivity index (χ2v) is 12.7. The Kier molecular flexibility index (Phi) is 13.5. The number of azide groups is 1. The molecule has 0 aromatic carbocycles. The Morgan fingerprint density at radius 2 is 2.02 bits per heavy atom. The summed E-state index contributed by atoms with van der Waals surface area (Å²) in [5.41, 5.74) is 10.1. The summed E-state index contributed by atoms with van der Waals surface area (Å²) in [6, 6.07) is 0. The fourth-order valence-electron chi connectivity index (χ4n) is 5.09. The molecule has 222 valence electrons. The zero-order chi connectivity index (χ0) is 29.9. The lowest BCUT2D eigenvalue weighted by molar-refractivity contribution is -0.154. The van der Waals surface area contributed by atoms with Crippen LogP contribution in [0.2, 0.25) is 0 Å². The first-order valence-corrected chi connectivity index (χ1v) is 15.1. The Morgan fingerprint density at radius 3 is 2.67 bits per heavy atom. The molecule has 10 heteroatoms. The monoisotopic (exact) mass is 574 g/mol. The van der Waals surface area contributed by atoms with E-state index in [1.807, 2.05) is 39.2 Å². The normalized spacial score (nSPS) is 28.8. The number of ether oxygens (including phenoxy) is 1. The third kappa shape index (κ3) is 10.1. The van der Waals surface area contributed by atoms with Crippen LogP contribution in [0, 0.1) is 24.2 Å². The van der Waals surface area contributed by atoms with E-state index in [4.69, 9.17) is 10.3 Å². The molecule has 5 atom stereocenters. The van der Waals surface area contributed by atoms with Crippen molar-refractivity contribution in [1.82, 2.24) is 4.98 Å². The number of rotatable bonds is 7. The van der Waals surface area contributed by atoms with E-state index in [1.54, 1.807) is 25.2 Å². The maximum atomic E-state index is 13.8. The van der Waals surface area contributed by atoms with Gasteiger partial charge in [-0.15, -0.1) is 11.3 Å². The van der Waals surface area contributed by atoms with Gasteiger partial charge < -0.3 is 14.9 Å². The molecule has 1 unspecified atom stereocenters. The number of ketones is 1. The third-order valence-electron chi connectivity index (χ3n) is 7.95. The van der Waals surface area contributed by atoms with Crippen LogP contribution < -0.4 is 0 Å².